The number of carbonyl (C=O) groups is 1. The molecule has 0 saturated carbocycles. The molecular weight excluding hydrogens is 436 g/mol. The lowest BCUT2D eigenvalue weighted by molar-refractivity contribution is -0.127. The van der Waals surface area contributed by atoms with E-state index in [4.69, 9.17) is 9.47 Å². The summed E-state index contributed by atoms with van der Waals surface area (Å²) in [5.41, 5.74) is 4.68. The van der Waals surface area contributed by atoms with Gasteiger partial charge in [-0.25, -0.2) is 0 Å². The summed E-state index contributed by atoms with van der Waals surface area (Å²) in [5.74, 6) is 1.43. The van der Waals surface area contributed by atoms with E-state index in [0.717, 1.165) is 43.9 Å². The number of hydrogen-bond donors (Lipinski definition) is 0. The van der Waals surface area contributed by atoms with Crippen LogP contribution in [0.15, 0.2) is 78.9 Å². The number of aryl methyl sites for hydroxylation is 1. The maximum absolute atomic E-state index is 12.8. The van der Waals surface area contributed by atoms with E-state index in [0.29, 0.717) is 24.7 Å². The van der Waals surface area contributed by atoms with Crippen molar-refractivity contribution in [2.45, 2.75) is 27.0 Å². The van der Waals surface area contributed by atoms with E-state index < -0.39 is 0 Å². The van der Waals surface area contributed by atoms with Gasteiger partial charge in [0.15, 0.2) is 11.5 Å². The zero-order chi connectivity index (χ0) is 24.5. The van der Waals surface area contributed by atoms with Gasteiger partial charge in [0.05, 0.1) is 6.61 Å². The van der Waals surface area contributed by atoms with Gasteiger partial charge >= 0.3 is 0 Å². The van der Waals surface area contributed by atoms with Gasteiger partial charge in [0.1, 0.15) is 6.61 Å². The predicted octanol–water partition coefficient (Wildman–Crippen LogP) is 5.33. The van der Waals surface area contributed by atoms with Crippen molar-refractivity contribution in [3.05, 3.63) is 101 Å². The lowest BCUT2D eigenvalue weighted by Gasteiger charge is -2.34. The maximum atomic E-state index is 12.8. The summed E-state index contributed by atoms with van der Waals surface area (Å²) in [7, 11) is 0. The molecule has 1 saturated heterocycles. The first kappa shape index (κ1) is 24.6. The van der Waals surface area contributed by atoms with Gasteiger partial charge in [-0.05, 0) is 54.3 Å². The van der Waals surface area contributed by atoms with E-state index in [1.807, 2.05) is 66.4 Å². The van der Waals surface area contributed by atoms with Crippen LogP contribution in [-0.4, -0.2) is 48.5 Å². The standard InChI is InChI=1S/C30H34N2O3/c1-3-34-29-21-25(13-15-28(29)35-23-26-10-5-4-6-11-26)14-16-30(33)32-19-17-31(18-20-32)22-27-12-8-7-9-24(27)2/h4-16,21H,3,17-20,22-23H2,1-2H3. The van der Waals surface area contributed by atoms with Crippen molar-refractivity contribution >= 4 is 12.0 Å². The second kappa shape index (κ2) is 12.2. The summed E-state index contributed by atoms with van der Waals surface area (Å²) < 4.78 is 11.8. The predicted molar refractivity (Wildman–Crippen MR) is 140 cm³/mol. The molecule has 0 spiro atoms. The van der Waals surface area contributed by atoms with Crippen LogP contribution < -0.4 is 9.47 Å². The van der Waals surface area contributed by atoms with E-state index in [2.05, 4.69) is 36.1 Å². The van der Waals surface area contributed by atoms with Crippen molar-refractivity contribution < 1.29 is 14.3 Å². The van der Waals surface area contributed by atoms with Gasteiger partial charge in [-0.3, -0.25) is 9.69 Å². The third-order valence-corrected chi connectivity index (χ3v) is 6.26. The molecule has 1 aliphatic rings. The van der Waals surface area contributed by atoms with Crippen molar-refractivity contribution in [2.24, 2.45) is 0 Å². The number of benzene rings is 3. The Labute approximate surface area is 208 Å². The van der Waals surface area contributed by atoms with Crippen LogP contribution in [0.2, 0.25) is 0 Å². The molecule has 0 aliphatic carbocycles. The Morgan fingerprint density at radius 2 is 1.63 bits per heavy atom. The number of piperazine rings is 1. The molecule has 3 aromatic rings. The van der Waals surface area contributed by atoms with Crippen molar-refractivity contribution in [3.63, 3.8) is 0 Å². The third kappa shape index (κ3) is 6.96. The van der Waals surface area contributed by atoms with Crippen LogP contribution in [-0.2, 0) is 17.9 Å². The van der Waals surface area contributed by atoms with E-state index in [9.17, 15) is 4.79 Å². The number of rotatable bonds is 9. The second-order valence-electron chi connectivity index (χ2n) is 8.77. The maximum Gasteiger partial charge on any atom is 0.246 e. The molecule has 1 aliphatic heterocycles. The SMILES string of the molecule is CCOc1cc(C=CC(=O)N2CCN(Cc3ccccc3C)CC2)ccc1OCc1ccccc1. The number of ether oxygens (including phenoxy) is 2. The second-order valence-corrected chi connectivity index (χ2v) is 8.77. The van der Waals surface area contributed by atoms with Crippen LogP contribution in [0.1, 0.15) is 29.2 Å². The van der Waals surface area contributed by atoms with Gasteiger partial charge in [0.2, 0.25) is 5.91 Å². The Bertz CT molecular complexity index is 1140. The van der Waals surface area contributed by atoms with E-state index in [-0.39, 0.29) is 5.91 Å². The summed E-state index contributed by atoms with van der Waals surface area (Å²) in [6.07, 6.45) is 3.51. The lowest BCUT2D eigenvalue weighted by atomic mass is 10.1. The largest absolute Gasteiger partial charge is 0.490 e. The van der Waals surface area contributed by atoms with Crippen LogP contribution >= 0.6 is 0 Å². The number of amides is 1. The summed E-state index contributed by atoms with van der Waals surface area (Å²) in [4.78, 5) is 17.1. The fourth-order valence-corrected chi connectivity index (χ4v) is 4.18. The fourth-order valence-electron chi connectivity index (χ4n) is 4.18. The molecule has 182 valence electrons. The van der Waals surface area contributed by atoms with Gasteiger partial charge in [-0.2, -0.15) is 0 Å². The normalized spacial score (nSPS) is 14.3. The van der Waals surface area contributed by atoms with Crippen molar-refractivity contribution in [1.29, 1.82) is 0 Å². The number of hydrogen-bond acceptors (Lipinski definition) is 4. The smallest absolute Gasteiger partial charge is 0.246 e. The number of carbonyl (C=O) groups excluding carboxylic acids is 1. The summed E-state index contributed by atoms with van der Waals surface area (Å²) in [6, 6.07) is 24.3. The molecule has 0 unspecified atom stereocenters. The lowest BCUT2D eigenvalue weighted by Crippen LogP contribution is -2.47. The fraction of sp³-hybridized carbons (Fsp3) is 0.300. The van der Waals surface area contributed by atoms with Crippen molar-refractivity contribution in [3.8, 4) is 11.5 Å². The molecule has 0 N–H and O–H groups in total. The molecule has 1 fully saturated rings. The van der Waals surface area contributed by atoms with Gasteiger partial charge in [-0.15, -0.1) is 0 Å². The molecule has 0 aromatic heterocycles. The molecule has 1 amide bonds. The Balaban J connectivity index is 1.32. The molecular formula is C30H34N2O3. The summed E-state index contributed by atoms with van der Waals surface area (Å²) in [6.45, 7) is 9.31. The van der Waals surface area contributed by atoms with E-state index in [1.165, 1.54) is 11.1 Å². The molecule has 5 heteroatoms. The van der Waals surface area contributed by atoms with Crippen LogP contribution in [0.3, 0.4) is 0 Å². The van der Waals surface area contributed by atoms with Gasteiger partial charge in [0.25, 0.3) is 0 Å². The molecule has 3 aromatic carbocycles. The topological polar surface area (TPSA) is 42.0 Å². The Morgan fingerprint density at radius 1 is 0.886 bits per heavy atom. The van der Waals surface area contributed by atoms with Gasteiger partial charge in [0, 0.05) is 38.8 Å². The summed E-state index contributed by atoms with van der Waals surface area (Å²) >= 11 is 0. The average Bonchev–Trinajstić information content (AvgIpc) is 2.89. The Kier molecular flexibility index (Phi) is 8.58. The van der Waals surface area contributed by atoms with Crippen LogP contribution in [0, 0.1) is 6.92 Å². The first-order valence-electron chi connectivity index (χ1n) is 12.3. The minimum atomic E-state index is 0.0444. The zero-order valence-corrected chi connectivity index (χ0v) is 20.7. The highest BCUT2D eigenvalue weighted by Gasteiger charge is 2.20. The molecule has 5 nitrogen and oxygen atoms in total. The van der Waals surface area contributed by atoms with Crippen molar-refractivity contribution in [2.75, 3.05) is 32.8 Å². The highest BCUT2D eigenvalue weighted by Crippen LogP contribution is 2.30. The van der Waals surface area contributed by atoms with Gasteiger partial charge in [-0.1, -0.05) is 60.7 Å². The van der Waals surface area contributed by atoms with E-state index >= 15 is 0 Å². The molecule has 4 rings (SSSR count). The molecule has 1 heterocycles. The van der Waals surface area contributed by atoms with Crippen LogP contribution in [0.4, 0.5) is 0 Å². The van der Waals surface area contributed by atoms with Gasteiger partial charge < -0.3 is 14.4 Å². The average molecular weight is 471 g/mol. The van der Waals surface area contributed by atoms with E-state index in [1.54, 1.807) is 6.08 Å². The minimum absolute atomic E-state index is 0.0444. The molecule has 0 radical (unpaired) electrons. The first-order valence-corrected chi connectivity index (χ1v) is 12.3. The van der Waals surface area contributed by atoms with Crippen LogP contribution in [0.25, 0.3) is 6.08 Å². The monoisotopic (exact) mass is 470 g/mol. The third-order valence-electron chi connectivity index (χ3n) is 6.26. The Hall–Kier alpha value is -3.57. The summed E-state index contributed by atoms with van der Waals surface area (Å²) in [5, 5.41) is 0. The number of nitrogens with zero attached hydrogens (tertiary/aromatic N) is 2. The first-order chi connectivity index (χ1) is 17.1. The molecule has 0 atom stereocenters. The highest BCUT2D eigenvalue weighted by molar-refractivity contribution is 5.92. The quantitative estimate of drug-likeness (QED) is 0.397. The minimum Gasteiger partial charge on any atom is -0.490 e. The van der Waals surface area contributed by atoms with Crippen molar-refractivity contribution in [1.82, 2.24) is 9.80 Å². The Morgan fingerprint density at radius 3 is 2.37 bits per heavy atom. The van der Waals surface area contributed by atoms with Crippen LogP contribution in [0.5, 0.6) is 11.5 Å². The molecule has 0 bridgehead atoms. The zero-order valence-electron chi connectivity index (χ0n) is 20.7. The molecule has 35 heavy (non-hydrogen) atoms. The highest BCUT2D eigenvalue weighted by atomic mass is 16.5.